The first kappa shape index (κ1) is 39.0. The number of hydrogen-bond acceptors (Lipinski definition) is 13. The Bertz CT molecular complexity index is 1810. The molecule has 2 aromatic rings. The second-order valence-corrected chi connectivity index (χ2v) is 13.6. The number of ether oxygens (including phenoxy) is 4. The average Bonchev–Trinajstić information content (AvgIpc) is 3.35. The smallest absolute Gasteiger partial charge is 0.312 e. The van der Waals surface area contributed by atoms with Crippen molar-refractivity contribution in [3.63, 3.8) is 0 Å². The Kier molecular flexibility index (Phi) is 11.3. The number of anilines is 1. The number of nitrogens with one attached hydrogen (secondary N) is 1. The lowest BCUT2D eigenvalue weighted by Crippen LogP contribution is -2.46. The van der Waals surface area contributed by atoms with Crippen LogP contribution >= 0.6 is 0 Å². The van der Waals surface area contributed by atoms with Crippen LogP contribution in [-0.2, 0) is 23.8 Å². The van der Waals surface area contributed by atoms with Crippen molar-refractivity contribution in [3.8, 4) is 28.7 Å². The number of hydrogen-bond donors (Lipinski definition) is 7. The third-order valence-electron chi connectivity index (χ3n) is 9.97. The number of aliphatic hydroxyl groups excluding tert-OH is 2. The van der Waals surface area contributed by atoms with Crippen molar-refractivity contribution < 1.29 is 64.0 Å². The van der Waals surface area contributed by atoms with E-state index in [-0.39, 0.29) is 22.4 Å². The molecule has 14 heteroatoms. The zero-order valence-electron chi connectivity index (χ0n) is 30.0. The number of amides is 1. The highest BCUT2D eigenvalue weighted by Crippen LogP contribution is 2.57. The number of aromatic hydroxyl groups is 4. The molecule has 0 aliphatic carbocycles. The molecule has 3 aliphatic heterocycles. The van der Waals surface area contributed by atoms with Crippen LogP contribution in [-0.4, -0.2) is 85.6 Å². The van der Waals surface area contributed by atoms with E-state index in [2.05, 4.69) is 5.32 Å². The van der Waals surface area contributed by atoms with Crippen molar-refractivity contribution in [1.29, 1.82) is 0 Å². The highest BCUT2D eigenvalue weighted by Gasteiger charge is 2.50. The van der Waals surface area contributed by atoms with Gasteiger partial charge in [-0.2, -0.15) is 0 Å². The number of ketones is 1. The van der Waals surface area contributed by atoms with E-state index < -0.39 is 111 Å². The standard InChI is InChI=1S/C37H47NO13/c1-15-11-10-12-16(2)36(47)38-26-30(43)24-23(31(44)32(26)45)25-34(20(6)29(24)42)51-37(8,35(25)46)49-14-13-22(48-9)17(3)33(50-21(7)39)19(5)28(41)18(4)27(15)40/h10-15,17-19,22,27-28,33,40-45H,1-9H3,(H,38,47)/b11-10+,14-13+,16-12-/t15-,17-,18+,19-,22-,27-,28+,33+,37-/m0/s1. The van der Waals surface area contributed by atoms with E-state index in [0.29, 0.717) is 0 Å². The molecule has 3 heterocycles. The number of esters is 1. The van der Waals surface area contributed by atoms with Gasteiger partial charge < -0.3 is 54.9 Å². The van der Waals surface area contributed by atoms with Crippen LogP contribution in [0.25, 0.3) is 10.8 Å². The number of methoxy groups -OCH3 is 1. The van der Waals surface area contributed by atoms with Crippen LogP contribution in [0.5, 0.6) is 28.7 Å². The van der Waals surface area contributed by atoms with Crippen molar-refractivity contribution in [2.75, 3.05) is 12.4 Å². The second kappa shape index (κ2) is 14.8. The van der Waals surface area contributed by atoms with Gasteiger partial charge in [0.1, 0.15) is 23.3 Å². The first-order chi connectivity index (χ1) is 23.8. The van der Waals surface area contributed by atoms with Crippen molar-refractivity contribution in [2.45, 2.75) is 85.6 Å². The predicted molar refractivity (Wildman–Crippen MR) is 185 cm³/mol. The third kappa shape index (κ3) is 7.08. The maximum absolute atomic E-state index is 14.0. The Labute approximate surface area is 295 Å². The molecule has 51 heavy (non-hydrogen) atoms. The molecular weight excluding hydrogens is 666 g/mol. The third-order valence-corrected chi connectivity index (χ3v) is 9.97. The summed E-state index contributed by atoms with van der Waals surface area (Å²) in [4.78, 5) is 39.3. The molecule has 5 bridgehead atoms. The van der Waals surface area contributed by atoms with Crippen LogP contribution in [0, 0.1) is 30.6 Å². The minimum absolute atomic E-state index is 0.00255. The molecule has 5 rings (SSSR count). The Morgan fingerprint density at radius 3 is 2.14 bits per heavy atom. The first-order valence-electron chi connectivity index (χ1n) is 16.6. The fourth-order valence-corrected chi connectivity index (χ4v) is 6.71. The van der Waals surface area contributed by atoms with Crippen LogP contribution in [0.3, 0.4) is 0 Å². The van der Waals surface area contributed by atoms with Gasteiger partial charge in [0.15, 0.2) is 17.2 Å². The number of aliphatic hydroxyl groups is 2. The number of phenolic OH excluding ortho intramolecular Hbond substituents is 4. The Morgan fingerprint density at radius 2 is 1.53 bits per heavy atom. The van der Waals surface area contributed by atoms with Gasteiger partial charge >= 0.3 is 11.8 Å². The van der Waals surface area contributed by atoms with Gasteiger partial charge in [-0.05, 0) is 19.9 Å². The molecule has 3 aliphatic rings. The van der Waals surface area contributed by atoms with E-state index in [1.165, 1.54) is 53.0 Å². The van der Waals surface area contributed by atoms with Gasteiger partial charge in [0.2, 0.25) is 0 Å². The molecule has 0 aromatic heterocycles. The second-order valence-electron chi connectivity index (χ2n) is 13.6. The molecule has 7 N–H and O–H groups in total. The summed E-state index contributed by atoms with van der Waals surface area (Å²) < 4.78 is 23.1. The molecule has 0 saturated carbocycles. The number of fused-ring (bicyclic) bond motifs is 14. The molecule has 0 fully saturated rings. The Hall–Kier alpha value is -4.79. The molecular formula is C37H47NO13. The van der Waals surface area contributed by atoms with Crippen molar-refractivity contribution in [2.24, 2.45) is 23.7 Å². The van der Waals surface area contributed by atoms with Crippen LogP contribution in [0.1, 0.15) is 64.4 Å². The summed E-state index contributed by atoms with van der Waals surface area (Å²) in [5.41, 5.74) is -0.830. The van der Waals surface area contributed by atoms with Crippen LogP contribution in [0.4, 0.5) is 5.69 Å². The number of carbonyl (C=O) groups is 3. The average molecular weight is 714 g/mol. The highest BCUT2D eigenvalue weighted by molar-refractivity contribution is 6.22. The maximum Gasteiger partial charge on any atom is 0.312 e. The molecule has 0 unspecified atom stereocenters. The summed E-state index contributed by atoms with van der Waals surface area (Å²) in [5, 5.41) is 68.6. The minimum Gasteiger partial charge on any atom is -0.507 e. The van der Waals surface area contributed by atoms with Crippen molar-refractivity contribution in [3.05, 3.63) is 47.3 Å². The first-order valence-corrected chi connectivity index (χ1v) is 16.6. The van der Waals surface area contributed by atoms with E-state index >= 15 is 0 Å². The summed E-state index contributed by atoms with van der Waals surface area (Å²) in [5.74, 6) is -10.3. The van der Waals surface area contributed by atoms with Gasteiger partial charge in [-0.25, -0.2) is 0 Å². The quantitative estimate of drug-likeness (QED) is 0.130. The Balaban J connectivity index is 1.90. The summed E-state index contributed by atoms with van der Waals surface area (Å²) in [6.45, 7) is 12.2. The lowest BCUT2D eigenvalue weighted by atomic mass is 9.78. The zero-order chi connectivity index (χ0) is 38.3. The summed E-state index contributed by atoms with van der Waals surface area (Å²) in [6, 6.07) is 0. The molecule has 278 valence electrons. The molecule has 9 atom stereocenters. The van der Waals surface area contributed by atoms with E-state index in [4.69, 9.17) is 18.9 Å². The number of phenols is 4. The van der Waals surface area contributed by atoms with Crippen LogP contribution in [0.15, 0.2) is 36.1 Å². The van der Waals surface area contributed by atoms with Gasteiger partial charge in [-0.15, -0.1) is 0 Å². The fraction of sp³-hybridized carbons (Fsp3) is 0.486. The molecule has 0 radical (unpaired) electrons. The van der Waals surface area contributed by atoms with E-state index in [1.54, 1.807) is 33.8 Å². The number of rotatable bonds is 2. The summed E-state index contributed by atoms with van der Waals surface area (Å²) >= 11 is 0. The van der Waals surface area contributed by atoms with E-state index in [9.17, 15) is 45.0 Å². The molecule has 1 amide bonds. The SMILES string of the molecule is CO[C@H]1/C=C/O[C@@]2(C)Oc3c(C)c(O)c4c(O)c(c(O)c(O)c4c3C2=O)NC(=O)/C(C)=C\C=C\[C@H](C)[C@H](O)[C@@H](C)[C@@H](O)[C@H](C)[C@H](OC(C)=O)[C@H]1C. The minimum atomic E-state index is -2.07. The number of allylic oxidation sites excluding steroid dienone is 2. The predicted octanol–water partition coefficient (Wildman–Crippen LogP) is 4.46. The Morgan fingerprint density at radius 1 is 0.882 bits per heavy atom. The topological polar surface area (TPSA) is 222 Å². The lowest BCUT2D eigenvalue weighted by molar-refractivity contribution is -0.160. The van der Waals surface area contributed by atoms with E-state index in [1.807, 2.05) is 0 Å². The van der Waals surface area contributed by atoms with Gasteiger partial charge in [0.05, 0.1) is 35.5 Å². The zero-order valence-corrected chi connectivity index (χ0v) is 30.0. The van der Waals surface area contributed by atoms with Crippen molar-refractivity contribution in [1.82, 2.24) is 0 Å². The van der Waals surface area contributed by atoms with Gasteiger partial charge in [0.25, 0.3) is 11.7 Å². The van der Waals surface area contributed by atoms with Crippen LogP contribution < -0.4 is 10.1 Å². The maximum atomic E-state index is 14.0. The molecule has 14 nitrogen and oxygen atoms in total. The number of benzene rings is 2. The number of Topliss-reactive ketones (excluding diaryl/α,β-unsaturated/α-hetero) is 1. The molecule has 2 aromatic carbocycles. The normalized spacial score (nSPS) is 32.8. The highest BCUT2D eigenvalue weighted by atomic mass is 16.7. The molecule has 0 spiro atoms. The van der Waals surface area contributed by atoms with E-state index in [0.717, 1.165) is 6.26 Å². The molecule has 0 saturated heterocycles. The van der Waals surface area contributed by atoms with Crippen LogP contribution in [0.2, 0.25) is 0 Å². The lowest BCUT2D eigenvalue weighted by Gasteiger charge is -2.38. The largest absolute Gasteiger partial charge is 0.507 e. The summed E-state index contributed by atoms with van der Waals surface area (Å²) in [7, 11) is 1.41. The number of carbonyl (C=O) groups excluding carboxylic acids is 3. The van der Waals surface area contributed by atoms with Gasteiger partial charge in [-0.1, -0.05) is 45.9 Å². The van der Waals surface area contributed by atoms with Gasteiger partial charge in [0, 0.05) is 61.2 Å². The van der Waals surface area contributed by atoms with Crippen molar-refractivity contribution >= 4 is 34.1 Å². The monoisotopic (exact) mass is 713 g/mol. The fourth-order valence-electron chi connectivity index (χ4n) is 6.71. The van der Waals surface area contributed by atoms with Gasteiger partial charge in [-0.3, -0.25) is 14.4 Å². The summed E-state index contributed by atoms with van der Waals surface area (Å²) in [6.07, 6.45) is 3.25.